The van der Waals surface area contributed by atoms with Gasteiger partial charge in [-0.3, -0.25) is 14.3 Å². The maximum absolute atomic E-state index is 12.3. The molecule has 7 N–H and O–H groups in total. The number of H-pyrrole nitrogens is 1. The van der Waals surface area contributed by atoms with Crippen LogP contribution in [0, 0.1) is 0 Å². The van der Waals surface area contributed by atoms with E-state index in [2.05, 4.69) is 41.4 Å². The Hall–Kier alpha value is -3.04. The van der Waals surface area contributed by atoms with Crippen LogP contribution in [0.2, 0.25) is 0 Å². The van der Waals surface area contributed by atoms with E-state index in [0.717, 1.165) is 10.0 Å². The summed E-state index contributed by atoms with van der Waals surface area (Å²) in [6.07, 6.45) is -3.56. The number of nitrogen functional groups attached to an aromatic ring is 1. The maximum Gasteiger partial charge on any atom is 0.280 e. The minimum atomic E-state index is -1.44. The Kier molecular flexibility index (Phi) is 6.12. The number of aliphatic hydroxyl groups excluding tert-OH is 3. The topological polar surface area (TPSA) is 193 Å². The number of hydrogen-bond donors (Lipinski definition) is 6. The molecule has 1 fully saturated rings. The molecule has 1 aliphatic heterocycles. The molecule has 1 aliphatic rings. The lowest BCUT2D eigenvalue weighted by Gasteiger charge is -2.18. The zero-order valence-electron chi connectivity index (χ0n) is 16.6. The number of ether oxygens (including phenoxy) is 2. The quantitative estimate of drug-likeness (QED) is 0.187. The lowest BCUT2D eigenvalue weighted by atomic mass is 10.1. The highest BCUT2D eigenvalue weighted by Crippen LogP contribution is 2.34. The number of hydrogen-bond acceptors (Lipinski definition) is 11. The van der Waals surface area contributed by atoms with Gasteiger partial charge in [0.1, 0.15) is 24.1 Å². The summed E-state index contributed by atoms with van der Waals surface area (Å²) < 4.78 is 12.8. The zero-order valence-corrected chi connectivity index (χ0v) is 18.2. The SMILES string of the molecule is COc1ccc(/C=N\Nc2nc3c(=O)[nH]c(N)nc3n2[C@@H]2O[C@H](CO)[C@H](O)[C@H]2O)cc1Br. The number of fused-ring (bicyclic) bond motifs is 1. The number of nitrogens with two attached hydrogens (primary N) is 1. The fourth-order valence-electron chi connectivity index (χ4n) is 3.34. The van der Waals surface area contributed by atoms with Gasteiger partial charge in [-0.2, -0.15) is 10.1 Å². The van der Waals surface area contributed by atoms with Gasteiger partial charge in [-0.25, -0.2) is 10.4 Å². The predicted octanol–water partition coefficient (Wildman–Crippen LogP) is -0.470. The standard InChI is InChI=1S/C18H20BrN7O6/c1-31-9-3-2-7(4-8(9)19)5-21-25-18-22-11-14(23-17(20)24-15(11)30)26(18)16-13(29)12(28)10(6-27)32-16/h2-5,10,12-13,16,27-29H,6H2,1H3,(H,22,25)(H3,20,23,24,30)/b21-5-/t10-,12+,13-,16-/m1/s1. The Morgan fingerprint density at radius 3 is 2.84 bits per heavy atom. The fraction of sp³-hybridized carbons (Fsp3) is 0.333. The third kappa shape index (κ3) is 3.93. The number of nitrogens with zero attached hydrogens (tertiary/aromatic N) is 4. The van der Waals surface area contributed by atoms with Crippen LogP contribution >= 0.6 is 15.9 Å². The number of halogens is 1. The second-order valence-corrected chi connectivity index (χ2v) is 7.78. The van der Waals surface area contributed by atoms with E-state index >= 15 is 0 Å². The number of anilines is 2. The van der Waals surface area contributed by atoms with E-state index in [1.54, 1.807) is 25.3 Å². The first-order valence-electron chi connectivity index (χ1n) is 9.36. The molecule has 1 saturated heterocycles. The molecule has 170 valence electrons. The van der Waals surface area contributed by atoms with Gasteiger partial charge in [-0.05, 0) is 39.7 Å². The minimum absolute atomic E-state index is 0.00210. The van der Waals surface area contributed by atoms with Crippen molar-refractivity contribution in [2.75, 3.05) is 24.9 Å². The van der Waals surface area contributed by atoms with Gasteiger partial charge in [-0.1, -0.05) is 0 Å². The van der Waals surface area contributed by atoms with Crippen LogP contribution in [0.4, 0.5) is 11.9 Å². The number of hydrazone groups is 1. The summed E-state index contributed by atoms with van der Waals surface area (Å²) in [7, 11) is 1.56. The number of aromatic amines is 1. The highest BCUT2D eigenvalue weighted by molar-refractivity contribution is 9.10. The highest BCUT2D eigenvalue weighted by atomic mass is 79.9. The van der Waals surface area contributed by atoms with Crippen LogP contribution in [0.5, 0.6) is 5.75 Å². The van der Waals surface area contributed by atoms with Gasteiger partial charge in [0.05, 0.1) is 24.4 Å². The smallest absolute Gasteiger partial charge is 0.280 e. The average molecular weight is 510 g/mol. The van der Waals surface area contributed by atoms with E-state index in [4.69, 9.17) is 15.2 Å². The second kappa shape index (κ2) is 8.84. The van der Waals surface area contributed by atoms with Crippen LogP contribution in [-0.4, -0.2) is 73.1 Å². The van der Waals surface area contributed by atoms with Gasteiger partial charge < -0.3 is 30.5 Å². The molecule has 0 aliphatic carbocycles. The molecule has 3 heterocycles. The molecular formula is C18H20BrN7O6. The van der Waals surface area contributed by atoms with Gasteiger partial charge in [0.25, 0.3) is 5.56 Å². The monoisotopic (exact) mass is 509 g/mol. The molecule has 0 bridgehead atoms. The molecule has 4 atom stereocenters. The Morgan fingerprint density at radius 1 is 1.41 bits per heavy atom. The Labute approximate surface area is 188 Å². The summed E-state index contributed by atoms with van der Waals surface area (Å²) in [5, 5.41) is 34.2. The molecule has 14 heteroatoms. The van der Waals surface area contributed by atoms with Crippen molar-refractivity contribution >= 4 is 45.2 Å². The number of aromatic nitrogens is 4. The summed E-state index contributed by atoms with van der Waals surface area (Å²) in [4.78, 5) is 22.9. The first kappa shape index (κ1) is 22.2. The summed E-state index contributed by atoms with van der Waals surface area (Å²) in [6, 6.07) is 5.31. The minimum Gasteiger partial charge on any atom is -0.496 e. The van der Waals surface area contributed by atoms with Crippen LogP contribution in [0.1, 0.15) is 11.8 Å². The number of benzene rings is 1. The van der Waals surface area contributed by atoms with Crippen molar-refractivity contribution in [3.8, 4) is 5.75 Å². The normalized spacial score (nSPS) is 23.3. The highest BCUT2D eigenvalue weighted by Gasteiger charge is 2.45. The van der Waals surface area contributed by atoms with Crippen LogP contribution in [0.25, 0.3) is 11.2 Å². The number of nitrogens with one attached hydrogen (secondary N) is 2. The van der Waals surface area contributed by atoms with Crippen molar-refractivity contribution < 1.29 is 24.8 Å². The van der Waals surface area contributed by atoms with Crippen LogP contribution in [0.15, 0.2) is 32.6 Å². The molecule has 0 unspecified atom stereocenters. The van der Waals surface area contributed by atoms with Crippen molar-refractivity contribution in [2.24, 2.45) is 5.10 Å². The lowest BCUT2D eigenvalue weighted by Crippen LogP contribution is -2.33. The van der Waals surface area contributed by atoms with Gasteiger partial charge in [0.2, 0.25) is 11.9 Å². The molecule has 0 saturated carbocycles. The number of imidazole rings is 1. The molecule has 13 nitrogen and oxygen atoms in total. The number of aliphatic hydroxyl groups is 3. The fourth-order valence-corrected chi connectivity index (χ4v) is 3.90. The Balaban J connectivity index is 1.73. The maximum atomic E-state index is 12.3. The van der Waals surface area contributed by atoms with E-state index in [9.17, 15) is 20.1 Å². The molecule has 2 aromatic heterocycles. The summed E-state index contributed by atoms with van der Waals surface area (Å²) in [5.74, 6) is 0.486. The third-order valence-corrected chi connectivity index (χ3v) is 5.51. The van der Waals surface area contributed by atoms with Gasteiger partial charge in [0.15, 0.2) is 17.4 Å². The summed E-state index contributed by atoms with van der Waals surface area (Å²) in [6.45, 7) is -0.523. The summed E-state index contributed by atoms with van der Waals surface area (Å²) in [5.41, 5.74) is 8.40. The van der Waals surface area contributed by atoms with Crippen LogP contribution in [0.3, 0.4) is 0 Å². The molecule has 0 amide bonds. The van der Waals surface area contributed by atoms with Crippen molar-refractivity contribution in [3.05, 3.63) is 38.6 Å². The lowest BCUT2D eigenvalue weighted by molar-refractivity contribution is -0.0501. The van der Waals surface area contributed by atoms with Crippen LogP contribution in [-0.2, 0) is 4.74 Å². The van der Waals surface area contributed by atoms with E-state index in [1.165, 1.54) is 10.8 Å². The second-order valence-electron chi connectivity index (χ2n) is 6.92. The molecule has 3 aromatic rings. The first-order chi connectivity index (χ1) is 15.3. The largest absolute Gasteiger partial charge is 0.496 e. The molecule has 32 heavy (non-hydrogen) atoms. The van der Waals surface area contributed by atoms with Gasteiger partial charge >= 0.3 is 0 Å². The van der Waals surface area contributed by atoms with E-state index in [1.807, 2.05) is 0 Å². The molecular weight excluding hydrogens is 490 g/mol. The average Bonchev–Trinajstić information content (AvgIpc) is 3.25. The van der Waals surface area contributed by atoms with E-state index in [0.29, 0.717) is 5.75 Å². The van der Waals surface area contributed by atoms with Gasteiger partial charge in [-0.15, -0.1) is 0 Å². The Bertz CT molecular complexity index is 1230. The third-order valence-electron chi connectivity index (χ3n) is 4.89. The van der Waals surface area contributed by atoms with Gasteiger partial charge in [0, 0.05) is 0 Å². The molecule has 0 spiro atoms. The molecule has 0 radical (unpaired) electrons. The van der Waals surface area contributed by atoms with E-state index < -0.39 is 36.7 Å². The molecule has 1 aromatic carbocycles. The number of rotatable bonds is 6. The predicted molar refractivity (Wildman–Crippen MR) is 117 cm³/mol. The van der Waals surface area contributed by atoms with E-state index in [-0.39, 0.29) is 23.1 Å². The van der Waals surface area contributed by atoms with Crippen molar-refractivity contribution in [2.45, 2.75) is 24.5 Å². The first-order valence-corrected chi connectivity index (χ1v) is 10.2. The van der Waals surface area contributed by atoms with Crippen molar-refractivity contribution in [1.82, 2.24) is 19.5 Å². The van der Waals surface area contributed by atoms with Crippen molar-refractivity contribution in [1.29, 1.82) is 0 Å². The van der Waals surface area contributed by atoms with Crippen LogP contribution < -0.4 is 21.5 Å². The molecule has 4 rings (SSSR count). The Morgan fingerprint density at radius 2 is 2.19 bits per heavy atom. The van der Waals surface area contributed by atoms with Crippen molar-refractivity contribution in [3.63, 3.8) is 0 Å². The zero-order chi connectivity index (χ0) is 23.0. The number of methoxy groups -OCH3 is 1. The summed E-state index contributed by atoms with van der Waals surface area (Å²) >= 11 is 3.39.